The van der Waals surface area contributed by atoms with Gasteiger partial charge in [-0.25, -0.2) is 0 Å². The molecule has 1 unspecified atom stereocenters. The number of aliphatic hydroxyl groups is 1. The van der Waals surface area contributed by atoms with Gasteiger partial charge in [0.2, 0.25) is 0 Å². The summed E-state index contributed by atoms with van der Waals surface area (Å²) in [6.07, 6.45) is 3.52. The first-order valence-electron chi connectivity index (χ1n) is 4.98. The molecule has 0 aliphatic heterocycles. The van der Waals surface area contributed by atoms with Gasteiger partial charge < -0.3 is 10.4 Å². The maximum atomic E-state index is 9.20. The van der Waals surface area contributed by atoms with E-state index >= 15 is 0 Å². The maximum absolute atomic E-state index is 9.20. The highest BCUT2D eigenvalue weighted by Crippen LogP contribution is 2.10. The zero-order valence-electron chi connectivity index (χ0n) is 9.18. The van der Waals surface area contributed by atoms with Gasteiger partial charge in [0.1, 0.15) is 0 Å². The van der Waals surface area contributed by atoms with Crippen LogP contribution in [0.4, 0.5) is 0 Å². The van der Waals surface area contributed by atoms with E-state index in [4.69, 9.17) is 0 Å². The van der Waals surface area contributed by atoms with Gasteiger partial charge in [-0.05, 0) is 24.1 Å². The van der Waals surface area contributed by atoms with Crippen LogP contribution in [0, 0.1) is 5.92 Å². The second-order valence-electron chi connectivity index (χ2n) is 3.82. The minimum Gasteiger partial charge on any atom is -0.394 e. The van der Waals surface area contributed by atoms with Gasteiger partial charge in [0, 0.05) is 12.4 Å². The summed E-state index contributed by atoms with van der Waals surface area (Å²) >= 11 is 0. The second-order valence-corrected chi connectivity index (χ2v) is 3.82. The molecule has 4 heteroatoms. The van der Waals surface area contributed by atoms with Crippen LogP contribution in [0.5, 0.6) is 0 Å². The van der Waals surface area contributed by atoms with E-state index < -0.39 is 0 Å². The van der Waals surface area contributed by atoms with E-state index in [0.717, 1.165) is 12.1 Å². The molecule has 0 amide bonds. The Labute approximate surface area is 97.3 Å². The van der Waals surface area contributed by atoms with E-state index in [-0.39, 0.29) is 25.1 Å². The predicted octanol–water partition coefficient (Wildman–Crippen LogP) is 1.78. The van der Waals surface area contributed by atoms with Gasteiger partial charge >= 0.3 is 0 Å². The zero-order valence-corrected chi connectivity index (χ0v) is 10.00. The van der Waals surface area contributed by atoms with Crippen LogP contribution in [0.1, 0.15) is 25.5 Å². The average molecular weight is 231 g/mol. The molecule has 15 heavy (non-hydrogen) atoms. The lowest BCUT2D eigenvalue weighted by atomic mass is 10.1. The molecular weight excluding hydrogens is 212 g/mol. The van der Waals surface area contributed by atoms with Crippen molar-refractivity contribution in [2.45, 2.75) is 19.9 Å². The van der Waals surface area contributed by atoms with Crippen LogP contribution in [0.15, 0.2) is 24.5 Å². The molecule has 0 saturated carbocycles. The van der Waals surface area contributed by atoms with Gasteiger partial charge in [0.05, 0.1) is 12.6 Å². The monoisotopic (exact) mass is 230 g/mol. The van der Waals surface area contributed by atoms with E-state index in [1.54, 1.807) is 12.4 Å². The summed E-state index contributed by atoms with van der Waals surface area (Å²) in [4.78, 5) is 4.03. The number of aliphatic hydroxyl groups excluding tert-OH is 1. The molecule has 3 nitrogen and oxygen atoms in total. The lowest BCUT2D eigenvalue weighted by molar-refractivity contribution is 0.240. The summed E-state index contributed by atoms with van der Waals surface area (Å²) < 4.78 is 0. The fraction of sp³-hybridized carbons (Fsp3) is 0.545. The normalized spacial score (nSPS) is 12.3. The van der Waals surface area contributed by atoms with E-state index in [9.17, 15) is 5.11 Å². The van der Waals surface area contributed by atoms with Crippen molar-refractivity contribution >= 4 is 12.4 Å². The Hall–Kier alpha value is -0.640. The molecule has 86 valence electrons. The number of hydrogen-bond acceptors (Lipinski definition) is 3. The Morgan fingerprint density at radius 1 is 1.47 bits per heavy atom. The smallest absolute Gasteiger partial charge is 0.0627 e. The third-order valence-corrected chi connectivity index (χ3v) is 2.04. The van der Waals surface area contributed by atoms with Gasteiger partial charge in [-0.3, -0.25) is 4.98 Å². The van der Waals surface area contributed by atoms with Crippen LogP contribution in [0.25, 0.3) is 0 Å². The third kappa shape index (κ3) is 5.11. The zero-order chi connectivity index (χ0) is 10.4. The van der Waals surface area contributed by atoms with Gasteiger partial charge in [-0.1, -0.05) is 19.9 Å². The summed E-state index contributed by atoms with van der Waals surface area (Å²) in [5.41, 5.74) is 1.04. The van der Waals surface area contributed by atoms with Crippen molar-refractivity contribution in [2.75, 3.05) is 13.2 Å². The van der Waals surface area contributed by atoms with Crippen LogP contribution in [-0.2, 0) is 0 Å². The van der Waals surface area contributed by atoms with Gasteiger partial charge in [-0.15, -0.1) is 12.4 Å². The molecule has 0 spiro atoms. The molecule has 0 aliphatic rings. The van der Waals surface area contributed by atoms with Crippen molar-refractivity contribution in [1.82, 2.24) is 10.3 Å². The standard InChI is InChI=1S/C11H18N2O.ClH/c1-9(2)6-13-11(8-14)10-4-3-5-12-7-10;/h3-5,7,9,11,13-14H,6,8H2,1-2H3;1H. The van der Waals surface area contributed by atoms with Crippen LogP contribution in [0.3, 0.4) is 0 Å². The van der Waals surface area contributed by atoms with Crippen molar-refractivity contribution in [3.8, 4) is 0 Å². The van der Waals surface area contributed by atoms with E-state index in [1.165, 1.54) is 0 Å². The summed E-state index contributed by atoms with van der Waals surface area (Å²) in [6.45, 7) is 5.30. The largest absolute Gasteiger partial charge is 0.394 e. The molecule has 0 fully saturated rings. The van der Waals surface area contributed by atoms with Crippen molar-refractivity contribution in [2.24, 2.45) is 5.92 Å². The molecule has 1 heterocycles. The predicted molar refractivity (Wildman–Crippen MR) is 64.2 cm³/mol. The maximum Gasteiger partial charge on any atom is 0.0627 e. The number of nitrogens with zero attached hydrogens (tertiary/aromatic N) is 1. The van der Waals surface area contributed by atoms with E-state index in [2.05, 4.69) is 24.1 Å². The summed E-state index contributed by atoms with van der Waals surface area (Å²) in [5, 5.41) is 12.5. The first kappa shape index (κ1) is 14.4. The fourth-order valence-corrected chi connectivity index (χ4v) is 1.25. The highest BCUT2D eigenvalue weighted by Gasteiger charge is 2.09. The molecule has 1 atom stereocenters. The lowest BCUT2D eigenvalue weighted by Gasteiger charge is -2.17. The van der Waals surface area contributed by atoms with Crippen LogP contribution in [-0.4, -0.2) is 23.2 Å². The van der Waals surface area contributed by atoms with Gasteiger partial charge in [0.25, 0.3) is 0 Å². The Morgan fingerprint density at radius 3 is 2.67 bits per heavy atom. The summed E-state index contributed by atoms with van der Waals surface area (Å²) in [6, 6.07) is 3.86. The Morgan fingerprint density at radius 2 is 2.20 bits per heavy atom. The van der Waals surface area contributed by atoms with Gasteiger partial charge in [0.15, 0.2) is 0 Å². The summed E-state index contributed by atoms with van der Waals surface area (Å²) in [5.74, 6) is 0.584. The van der Waals surface area contributed by atoms with E-state index in [1.807, 2.05) is 12.1 Å². The third-order valence-electron chi connectivity index (χ3n) is 2.04. The van der Waals surface area contributed by atoms with E-state index in [0.29, 0.717) is 5.92 Å². The number of aromatic nitrogens is 1. The first-order valence-corrected chi connectivity index (χ1v) is 4.98. The van der Waals surface area contributed by atoms with Gasteiger partial charge in [-0.2, -0.15) is 0 Å². The average Bonchev–Trinajstić information content (AvgIpc) is 2.20. The number of rotatable bonds is 5. The highest BCUT2D eigenvalue weighted by atomic mass is 35.5. The van der Waals surface area contributed by atoms with Crippen molar-refractivity contribution in [1.29, 1.82) is 0 Å². The van der Waals surface area contributed by atoms with Crippen LogP contribution < -0.4 is 5.32 Å². The minimum atomic E-state index is 0. The molecule has 0 radical (unpaired) electrons. The first-order chi connectivity index (χ1) is 6.74. The van der Waals surface area contributed by atoms with Crippen molar-refractivity contribution in [3.05, 3.63) is 30.1 Å². The molecule has 1 aromatic heterocycles. The molecule has 0 bridgehead atoms. The number of nitrogens with one attached hydrogen (secondary N) is 1. The Kier molecular flexibility index (Phi) is 7.30. The lowest BCUT2D eigenvalue weighted by Crippen LogP contribution is -2.27. The molecule has 1 aromatic rings. The Balaban J connectivity index is 0.00000196. The number of halogens is 1. The quantitative estimate of drug-likeness (QED) is 0.811. The number of hydrogen-bond donors (Lipinski definition) is 2. The number of pyridine rings is 1. The molecule has 2 N–H and O–H groups in total. The van der Waals surface area contributed by atoms with Crippen molar-refractivity contribution in [3.63, 3.8) is 0 Å². The highest BCUT2D eigenvalue weighted by molar-refractivity contribution is 5.85. The Bertz CT molecular complexity index is 254. The molecule has 1 rings (SSSR count). The molecule has 0 aromatic carbocycles. The SMILES string of the molecule is CC(C)CNC(CO)c1cccnc1.Cl. The second kappa shape index (κ2) is 7.63. The molecular formula is C11H19ClN2O. The van der Waals surface area contributed by atoms with Crippen LogP contribution in [0.2, 0.25) is 0 Å². The molecule has 0 aliphatic carbocycles. The molecule has 0 saturated heterocycles. The topological polar surface area (TPSA) is 45.1 Å². The summed E-state index contributed by atoms with van der Waals surface area (Å²) in [7, 11) is 0. The minimum absolute atomic E-state index is 0. The van der Waals surface area contributed by atoms with Crippen LogP contribution >= 0.6 is 12.4 Å². The van der Waals surface area contributed by atoms with Crippen molar-refractivity contribution < 1.29 is 5.11 Å². The fourth-order valence-electron chi connectivity index (χ4n) is 1.25.